The van der Waals surface area contributed by atoms with Crippen molar-refractivity contribution in [1.29, 1.82) is 0 Å². The number of halogens is 2. The predicted octanol–water partition coefficient (Wildman–Crippen LogP) is 5.20. The van der Waals surface area contributed by atoms with E-state index < -0.39 is 0 Å². The molecule has 3 saturated heterocycles. The first-order chi connectivity index (χ1) is 24.8. The van der Waals surface area contributed by atoms with Crippen LogP contribution in [-0.2, 0) is 22.7 Å². The molecule has 2 amide bonds. The van der Waals surface area contributed by atoms with Gasteiger partial charge in [-0.3, -0.25) is 24.5 Å². The van der Waals surface area contributed by atoms with Crippen LogP contribution in [0.5, 0.6) is 11.8 Å². The molecular formula is C37H40Cl2N8O4. The standard InChI is InChI=1S/C37H40Cl2N8O4/c1-50-35-29(18-40-17-22-9-10-31(48)43-22)41-19-27(44-35)25-7-3-5-23(33(25)38)24-6-4-8-26(34(24)39)28-20-42-30(36(45-28)51-2)21-47-15-13-37(14-16-47)12-11-32(49)46-37/h3-8,19-20,22,40H,9-18,21H2,1-2H3,(H,43,48)(H,46,49)/t22-/m1/s1. The van der Waals surface area contributed by atoms with Crippen molar-refractivity contribution < 1.29 is 19.1 Å². The Morgan fingerprint density at radius 3 is 1.96 bits per heavy atom. The number of hydrogen-bond acceptors (Lipinski definition) is 10. The fraction of sp³-hybridized carbons (Fsp3) is 0.405. The normalized spacial score (nSPS) is 18.5. The number of rotatable bonds is 11. The molecule has 3 N–H and O–H groups in total. The smallest absolute Gasteiger partial charge is 0.237 e. The Labute approximate surface area is 306 Å². The average molecular weight is 732 g/mol. The van der Waals surface area contributed by atoms with Crippen molar-refractivity contribution in [3.63, 3.8) is 0 Å². The molecule has 1 atom stereocenters. The van der Waals surface area contributed by atoms with Gasteiger partial charge in [-0.05, 0) is 25.7 Å². The molecule has 0 unspecified atom stereocenters. The fourth-order valence-corrected chi connectivity index (χ4v) is 7.83. The Balaban J connectivity index is 1.08. The van der Waals surface area contributed by atoms with Crippen molar-refractivity contribution in [1.82, 2.24) is 40.8 Å². The number of carbonyl (C=O) groups excluding carboxylic acids is 2. The van der Waals surface area contributed by atoms with Crippen LogP contribution in [0.25, 0.3) is 33.6 Å². The van der Waals surface area contributed by atoms with Crippen molar-refractivity contribution >= 4 is 35.0 Å². The number of likely N-dealkylation sites (tertiary alicyclic amines) is 1. The number of aromatic nitrogens is 4. The van der Waals surface area contributed by atoms with Crippen LogP contribution in [0.4, 0.5) is 0 Å². The van der Waals surface area contributed by atoms with Gasteiger partial charge in [0.05, 0.1) is 48.0 Å². The van der Waals surface area contributed by atoms with Crippen LogP contribution < -0.4 is 25.4 Å². The summed E-state index contributed by atoms with van der Waals surface area (Å²) in [6.45, 7) is 3.40. The molecule has 2 aromatic heterocycles. The van der Waals surface area contributed by atoms with Crippen molar-refractivity contribution in [3.05, 3.63) is 70.2 Å². The molecule has 3 fully saturated rings. The predicted molar refractivity (Wildman–Crippen MR) is 195 cm³/mol. The molecule has 5 heterocycles. The molecule has 7 rings (SSSR count). The monoisotopic (exact) mass is 730 g/mol. The second kappa shape index (κ2) is 15.1. The molecule has 12 nitrogen and oxygen atoms in total. The average Bonchev–Trinajstić information content (AvgIpc) is 3.73. The maximum Gasteiger partial charge on any atom is 0.237 e. The summed E-state index contributed by atoms with van der Waals surface area (Å²) in [7, 11) is 3.15. The van der Waals surface area contributed by atoms with E-state index in [9.17, 15) is 9.59 Å². The molecule has 1 spiro atoms. The zero-order chi connectivity index (χ0) is 35.5. The molecule has 3 aliphatic rings. The maximum absolute atomic E-state index is 11.8. The summed E-state index contributed by atoms with van der Waals surface area (Å²) in [6, 6.07) is 11.5. The largest absolute Gasteiger partial charge is 0.480 e. The number of amides is 2. The Morgan fingerprint density at radius 1 is 0.824 bits per heavy atom. The molecule has 0 radical (unpaired) electrons. The molecule has 3 aliphatic heterocycles. The second-order valence-corrected chi connectivity index (χ2v) is 14.1. The van der Waals surface area contributed by atoms with Crippen molar-refractivity contribution in [2.75, 3.05) is 33.9 Å². The number of ether oxygens (including phenoxy) is 2. The van der Waals surface area contributed by atoms with Gasteiger partial charge in [0.25, 0.3) is 0 Å². The van der Waals surface area contributed by atoms with Gasteiger partial charge in [-0.15, -0.1) is 0 Å². The summed E-state index contributed by atoms with van der Waals surface area (Å²) in [4.78, 5) is 44.6. The van der Waals surface area contributed by atoms with E-state index in [1.807, 2.05) is 36.4 Å². The number of hydrogen-bond donors (Lipinski definition) is 3. The summed E-state index contributed by atoms with van der Waals surface area (Å²) in [6.07, 6.45) is 8.14. The van der Waals surface area contributed by atoms with Gasteiger partial charge in [0.2, 0.25) is 23.6 Å². The highest BCUT2D eigenvalue weighted by molar-refractivity contribution is 6.39. The number of carbonyl (C=O) groups is 2. The fourth-order valence-electron chi connectivity index (χ4n) is 7.18. The van der Waals surface area contributed by atoms with Gasteiger partial charge in [0.15, 0.2) is 0 Å². The lowest BCUT2D eigenvalue weighted by Gasteiger charge is -2.39. The quantitative estimate of drug-likeness (QED) is 0.188. The van der Waals surface area contributed by atoms with E-state index >= 15 is 0 Å². The Kier molecular flexibility index (Phi) is 10.4. The lowest BCUT2D eigenvalue weighted by Crippen LogP contribution is -2.50. The third-order valence-electron chi connectivity index (χ3n) is 10.0. The molecule has 0 saturated carbocycles. The van der Waals surface area contributed by atoms with Crippen LogP contribution in [0.1, 0.15) is 49.9 Å². The Morgan fingerprint density at radius 2 is 1.41 bits per heavy atom. The Bertz CT molecular complexity index is 1950. The molecule has 4 aromatic rings. The summed E-state index contributed by atoms with van der Waals surface area (Å²) in [5.74, 6) is 1.07. The first-order valence-electron chi connectivity index (χ1n) is 17.2. The third-order valence-corrected chi connectivity index (χ3v) is 10.9. The van der Waals surface area contributed by atoms with Gasteiger partial charge in [-0.2, -0.15) is 0 Å². The SMILES string of the molecule is COc1nc(-c2cccc(-c3cccc(-c4cnc(CN5CCC6(CCC(=O)N6)CC5)c(OC)n4)c3Cl)c2Cl)cnc1CNC[C@H]1CCC(=O)N1. The molecule has 2 aromatic carbocycles. The third kappa shape index (κ3) is 7.50. The molecule has 0 aliphatic carbocycles. The number of piperidine rings is 1. The second-order valence-electron chi connectivity index (χ2n) is 13.3. The van der Waals surface area contributed by atoms with Crippen LogP contribution in [-0.4, -0.2) is 82.1 Å². The lowest BCUT2D eigenvalue weighted by atomic mass is 9.86. The molecule has 51 heavy (non-hydrogen) atoms. The zero-order valence-corrected chi connectivity index (χ0v) is 30.1. The molecular weight excluding hydrogens is 691 g/mol. The first kappa shape index (κ1) is 35.1. The highest BCUT2D eigenvalue weighted by Crippen LogP contribution is 2.42. The van der Waals surface area contributed by atoms with Gasteiger partial charge in [-0.1, -0.05) is 59.6 Å². The van der Waals surface area contributed by atoms with E-state index in [0.717, 1.165) is 55.6 Å². The highest BCUT2D eigenvalue weighted by Gasteiger charge is 2.40. The highest BCUT2D eigenvalue weighted by atomic mass is 35.5. The number of benzene rings is 2. The van der Waals surface area contributed by atoms with Gasteiger partial charge in [0, 0.05) is 79.4 Å². The van der Waals surface area contributed by atoms with E-state index in [4.69, 9.17) is 47.6 Å². The molecule has 266 valence electrons. The van der Waals surface area contributed by atoms with E-state index in [0.29, 0.717) is 82.5 Å². The topological polar surface area (TPSA) is 143 Å². The van der Waals surface area contributed by atoms with Crippen LogP contribution in [0.2, 0.25) is 10.0 Å². The summed E-state index contributed by atoms with van der Waals surface area (Å²) in [5, 5.41) is 10.4. The molecule has 0 bridgehead atoms. The van der Waals surface area contributed by atoms with E-state index in [-0.39, 0.29) is 23.4 Å². The number of nitrogens with zero attached hydrogens (tertiary/aromatic N) is 5. The zero-order valence-electron chi connectivity index (χ0n) is 28.6. The Hall–Kier alpha value is -4.36. The van der Waals surface area contributed by atoms with Gasteiger partial charge >= 0.3 is 0 Å². The van der Waals surface area contributed by atoms with Crippen LogP contribution in [0, 0.1) is 0 Å². The van der Waals surface area contributed by atoms with E-state index in [1.54, 1.807) is 26.6 Å². The van der Waals surface area contributed by atoms with Crippen molar-refractivity contribution in [2.24, 2.45) is 0 Å². The van der Waals surface area contributed by atoms with Crippen LogP contribution in [0.3, 0.4) is 0 Å². The van der Waals surface area contributed by atoms with Crippen LogP contribution in [0.15, 0.2) is 48.8 Å². The minimum Gasteiger partial charge on any atom is -0.480 e. The van der Waals surface area contributed by atoms with E-state index in [1.165, 1.54) is 0 Å². The molecule has 14 heteroatoms. The summed E-state index contributed by atoms with van der Waals surface area (Å²) in [5.41, 5.74) is 5.31. The minimum absolute atomic E-state index is 0.0583. The van der Waals surface area contributed by atoms with Crippen molar-refractivity contribution in [2.45, 2.75) is 63.2 Å². The number of nitrogens with one attached hydrogen (secondary N) is 3. The lowest BCUT2D eigenvalue weighted by molar-refractivity contribution is -0.120. The van der Waals surface area contributed by atoms with E-state index in [2.05, 4.69) is 25.8 Å². The summed E-state index contributed by atoms with van der Waals surface area (Å²) < 4.78 is 11.3. The first-order valence-corrected chi connectivity index (χ1v) is 17.9. The van der Waals surface area contributed by atoms with Gasteiger partial charge in [0.1, 0.15) is 11.4 Å². The van der Waals surface area contributed by atoms with Gasteiger partial charge in [-0.25, -0.2) is 9.97 Å². The van der Waals surface area contributed by atoms with Crippen LogP contribution >= 0.6 is 23.2 Å². The maximum atomic E-state index is 11.8. The van der Waals surface area contributed by atoms with Crippen molar-refractivity contribution in [3.8, 4) is 45.4 Å². The van der Waals surface area contributed by atoms with Gasteiger partial charge < -0.3 is 25.4 Å². The minimum atomic E-state index is -0.0583. The summed E-state index contributed by atoms with van der Waals surface area (Å²) >= 11 is 14.2. The number of methoxy groups -OCH3 is 2.